The van der Waals surface area contributed by atoms with Crippen LogP contribution in [0, 0.1) is 6.92 Å². The van der Waals surface area contributed by atoms with E-state index in [2.05, 4.69) is 6.07 Å². The predicted octanol–water partition coefficient (Wildman–Crippen LogP) is 2.33. The second-order valence-electron chi connectivity index (χ2n) is 4.27. The highest BCUT2D eigenvalue weighted by Crippen LogP contribution is 2.23. The highest BCUT2D eigenvalue weighted by molar-refractivity contribution is 5.59. The van der Waals surface area contributed by atoms with Crippen LogP contribution in [0.1, 0.15) is 16.7 Å². The van der Waals surface area contributed by atoms with Crippen molar-refractivity contribution in [2.75, 3.05) is 17.2 Å². The molecule has 0 aliphatic heterocycles. The second kappa shape index (κ2) is 4.37. The van der Waals surface area contributed by atoms with Gasteiger partial charge in [0.25, 0.3) is 0 Å². The summed E-state index contributed by atoms with van der Waals surface area (Å²) in [7, 11) is 0. The number of nitrogens with two attached hydrogens (primary N) is 3. The Balaban J connectivity index is 2.35. The van der Waals surface area contributed by atoms with E-state index in [0.29, 0.717) is 5.69 Å². The summed E-state index contributed by atoms with van der Waals surface area (Å²) in [6.07, 6.45) is 0.781. The van der Waals surface area contributed by atoms with Crippen molar-refractivity contribution in [3.05, 3.63) is 53.1 Å². The molecule has 2 aromatic rings. The van der Waals surface area contributed by atoms with Crippen LogP contribution in [-0.2, 0) is 6.42 Å². The van der Waals surface area contributed by atoms with E-state index < -0.39 is 0 Å². The average molecular weight is 227 g/mol. The normalized spacial score (nSPS) is 10.4. The van der Waals surface area contributed by atoms with Crippen molar-refractivity contribution >= 4 is 17.1 Å². The van der Waals surface area contributed by atoms with Gasteiger partial charge in [-0.15, -0.1) is 0 Å². The molecule has 2 aromatic carbocycles. The van der Waals surface area contributed by atoms with Crippen LogP contribution < -0.4 is 17.2 Å². The van der Waals surface area contributed by atoms with Crippen LogP contribution in [0.15, 0.2) is 36.4 Å². The monoisotopic (exact) mass is 227 g/mol. The van der Waals surface area contributed by atoms with E-state index in [9.17, 15) is 0 Å². The summed E-state index contributed by atoms with van der Waals surface area (Å²) in [5.41, 5.74) is 23.1. The fraction of sp³-hybridized carbons (Fsp3) is 0.143. The van der Waals surface area contributed by atoms with Crippen LogP contribution >= 0.6 is 0 Å². The molecule has 3 heteroatoms. The topological polar surface area (TPSA) is 78.1 Å². The summed E-state index contributed by atoms with van der Waals surface area (Å²) in [5, 5.41) is 0. The van der Waals surface area contributed by atoms with Gasteiger partial charge in [0.05, 0.1) is 0 Å². The molecular formula is C14H17N3. The van der Waals surface area contributed by atoms with Gasteiger partial charge in [-0.1, -0.05) is 18.2 Å². The molecule has 0 radical (unpaired) electrons. The molecule has 0 heterocycles. The van der Waals surface area contributed by atoms with E-state index in [4.69, 9.17) is 17.2 Å². The zero-order chi connectivity index (χ0) is 12.4. The molecule has 88 valence electrons. The largest absolute Gasteiger partial charge is 0.399 e. The maximum atomic E-state index is 5.95. The SMILES string of the molecule is Cc1c(N)cccc1Cc1ccc(N)cc1N. The van der Waals surface area contributed by atoms with Crippen LogP contribution in [0.25, 0.3) is 0 Å². The maximum absolute atomic E-state index is 5.95. The van der Waals surface area contributed by atoms with Crippen molar-refractivity contribution in [3.8, 4) is 0 Å². The molecule has 0 fully saturated rings. The fourth-order valence-electron chi connectivity index (χ4n) is 1.87. The third kappa shape index (κ3) is 2.33. The second-order valence-corrected chi connectivity index (χ2v) is 4.27. The maximum Gasteiger partial charge on any atom is 0.0370 e. The minimum absolute atomic E-state index is 0.690. The Kier molecular flexibility index (Phi) is 2.91. The molecule has 0 aliphatic rings. The summed E-state index contributed by atoms with van der Waals surface area (Å²) < 4.78 is 0. The van der Waals surface area contributed by atoms with Gasteiger partial charge in [-0.2, -0.15) is 0 Å². The first-order valence-electron chi connectivity index (χ1n) is 5.56. The summed E-state index contributed by atoms with van der Waals surface area (Å²) in [4.78, 5) is 0. The molecule has 0 bridgehead atoms. The van der Waals surface area contributed by atoms with Crippen LogP contribution in [0.3, 0.4) is 0 Å². The van der Waals surface area contributed by atoms with Crippen molar-refractivity contribution in [2.24, 2.45) is 0 Å². The Morgan fingerprint density at radius 3 is 2.35 bits per heavy atom. The van der Waals surface area contributed by atoms with Gasteiger partial charge in [-0.25, -0.2) is 0 Å². The molecule has 0 unspecified atom stereocenters. The van der Waals surface area contributed by atoms with Gasteiger partial charge in [-0.3, -0.25) is 0 Å². The first-order valence-corrected chi connectivity index (χ1v) is 5.56. The lowest BCUT2D eigenvalue weighted by Gasteiger charge is -2.10. The third-order valence-corrected chi connectivity index (χ3v) is 3.04. The Morgan fingerprint density at radius 1 is 0.882 bits per heavy atom. The first kappa shape index (κ1) is 11.3. The van der Waals surface area contributed by atoms with Gasteiger partial charge in [0, 0.05) is 17.1 Å². The standard InChI is InChI=1S/C14H17N3/c1-9-10(3-2-4-13(9)16)7-11-5-6-12(15)8-14(11)17/h2-6,8H,7,15-17H2,1H3. The molecular weight excluding hydrogens is 210 g/mol. The lowest BCUT2D eigenvalue weighted by Crippen LogP contribution is -2.00. The predicted molar refractivity (Wildman–Crippen MR) is 73.7 cm³/mol. The lowest BCUT2D eigenvalue weighted by atomic mass is 9.98. The van der Waals surface area contributed by atoms with Gasteiger partial charge in [-0.05, 0) is 48.2 Å². The molecule has 6 N–H and O–H groups in total. The van der Waals surface area contributed by atoms with Crippen LogP contribution in [0.4, 0.5) is 17.1 Å². The van der Waals surface area contributed by atoms with E-state index in [0.717, 1.165) is 28.9 Å². The van der Waals surface area contributed by atoms with Crippen molar-refractivity contribution in [3.63, 3.8) is 0 Å². The number of benzene rings is 2. The van der Waals surface area contributed by atoms with E-state index in [1.807, 2.05) is 31.2 Å². The molecule has 0 spiro atoms. The van der Waals surface area contributed by atoms with Gasteiger partial charge >= 0.3 is 0 Å². The van der Waals surface area contributed by atoms with Crippen LogP contribution in [0.2, 0.25) is 0 Å². The fourth-order valence-corrected chi connectivity index (χ4v) is 1.87. The van der Waals surface area contributed by atoms with E-state index in [1.54, 1.807) is 6.07 Å². The third-order valence-electron chi connectivity index (χ3n) is 3.04. The number of nitrogen functional groups attached to an aromatic ring is 3. The van der Waals surface area contributed by atoms with Crippen molar-refractivity contribution in [1.29, 1.82) is 0 Å². The molecule has 3 nitrogen and oxygen atoms in total. The number of anilines is 3. The molecule has 17 heavy (non-hydrogen) atoms. The smallest absolute Gasteiger partial charge is 0.0370 e. The summed E-state index contributed by atoms with van der Waals surface area (Å²) in [5.74, 6) is 0. The molecule has 0 aliphatic carbocycles. The Labute approximate surface area is 101 Å². The van der Waals surface area contributed by atoms with Gasteiger partial charge in [0.2, 0.25) is 0 Å². The summed E-state index contributed by atoms with van der Waals surface area (Å²) >= 11 is 0. The van der Waals surface area contributed by atoms with E-state index in [1.165, 1.54) is 5.56 Å². The first-order chi connectivity index (χ1) is 8.08. The van der Waals surface area contributed by atoms with Crippen molar-refractivity contribution in [1.82, 2.24) is 0 Å². The highest BCUT2D eigenvalue weighted by atomic mass is 14.6. The average Bonchev–Trinajstić information content (AvgIpc) is 2.28. The minimum atomic E-state index is 0.690. The van der Waals surface area contributed by atoms with Gasteiger partial charge < -0.3 is 17.2 Å². The Bertz CT molecular complexity index is 547. The Hall–Kier alpha value is -2.16. The quantitative estimate of drug-likeness (QED) is 0.689. The Morgan fingerprint density at radius 2 is 1.65 bits per heavy atom. The minimum Gasteiger partial charge on any atom is -0.399 e. The molecule has 0 amide bonds. The van der Waals surface area contributed by atoms with Crippen molar-refractivity contribution in [2.45, 2.75) is 13.3 Å². The summed E-state index contributed by atoms with van der Waals surface area (Å²) in [6.45, 7) is 2.03. The van der Waals surface area contributed by atoms with Crippen molar-refractivity contribution < 1.29 is 0 Å². The van der Waals surface area contributed by atoms with Gasteiger partial charge in [0.15, 0.2) is 0 Å². The van der Waals surface area contributed by atoms with Crippen LogP contribution in [-0.4, -0.2) is 0 Å². The highest BCUT2D eigenvalue weighted by Gasteiger charge is 2.05. The van der Waals surface area contributed by atoms with Gasteiger partial charge in [0.1, 0.15) is 0 Å². The number of hydrogen-bond acceptors (Lipinski definition) is 3. The molecule has 0 atom stereocenters. The van der Waals surface area contributed by atoms with E-state index >= 15 is 0 Å². The molecule has 2 rings (SSSR count). The zero-order valence-electron chi connectivity index (χ0n) is 9.90. The number of hydrogen-bond donors (Lipinski definition) is 3. The zero-order valence-corrected chi connectivity index (χ0v) is 9.90. The number of rotatable bonds is 2. The summed E-state index contributed by atoms with van der Waals surface area (Å²) in [6, 6.07) is 11.6. The molecule has 0 aromatic heterocycles. The lowest BCUT2D eigenvalue weighted by molar-refractivity contribution is 1.16. The van der Waals surface area contributed by atoms with Crippen LogP contribution in [0.5, 0.6) is 0 Å². The molecule has 0 saturated heterocycles. The molecule has 0 saturated carbocycles. The van der Waals surface area contributed by atoms with E-state index in [-0.39, 0.29) is 0 Å².